The SMILES string of the molecule is COc1ccc(C(=O)N/C(=C\c2cccs2)C(=O)N[C@H](C)c2ccc(C)cc2)cc1. The van der Waals surface area contributed by atoms with Crippen LogP contribution in [0.2, 0.25) is 0 Å². The third-order valence-electron chi connectivity index (χ3n) is 4.60. The van der Waals surface area contributed by atoms with Crippen molar-refractivity contribution in [3.05, 3.63) is 93.3 Å². The molecule has 0 saturated heterocycles. The molecule has 1 atom stereocenters. The van der Waals surface area contributed by atoms with Crippen molar-refractivity contribution in [2.24, 2.45) is 0 Å². The zero-order chi connectivity index (χ0) is 21.5. The Morgan fingerprint density at radius 2 is 1.73 bits per heavy atom. The molecule has 2 N–H and O–H groups in total. The Balaban J connectivity index is 1.78. The second-order valence-electron chi connectivity index (χ2n) is 6.86. The van der Waals surface area contributed by atoms with E-state index in [9.17, 15) is 9.59 Å². The maximum atomic E-state index is 13.0. The number of carbonyl (C=O) groups is 2. The molecule has 6 heteroatoms. The first-order chi connectivity index (χ1) is 14.5. The summed E-state index contributed by atoms with van der Waals surface area (Å²) < 4.78 is 5.13. The predicted octanol–water partition coefficient (Wildman–Crippen LogP) is 4.71. The van der Waals surface area contributed by atoms with Crippen LogP contribution in [0, 0.1) is 6.92 Å². The predicted molar refractivity (Wildman–Crippen MR) is 120 cm³/mol. The van der Waals surface area contributed by atoms with Gasteiger partial charge in [-0.25, -0.2) is 0 Å². The highest BCUT2D eigenvalue weighted by Gasteiger charge is 2.17. The smallest absolute Gasteiger partial charge is 0.268 e. The first-order valence-corrected chi connectivity index (χ1v) is 10.4. The molecular weight excluding hydrogens is 396 g/mol. The molecule has 3 aromatic rings. The van der Waals surface area contributed by atoms with Gasteiger partial charge in [0.05, 0.1) is 13.2 Å². The summed E-state index contributed by atoms with van der Waals surface area (Å²) in [5, 5.41) is 7.63. The van der Waals surface area contributed by atoms with Crippen LogP contribution in [0.5, 0.6) is 5.75 Å². The Morgan fingerprint density at radius 3 is 2.33 bits per heavy atom. The van der Waals surface area contributed by atoms with Gasteiger partial charge in [0.1, 0.15) is 11.4 Å². The molecule has 154 valence electrons. The van der Waals surface area contributed by atoms with Crippen molar-refractivity contribution in [1.29, 1.82) is 0 Å². The topological polar surface area (TPSA) is 67.4 Å². The third kappa shape index (κ3) is 5.58. The number of hydrogen-bond donors (Lipinski definition) is 2. The summed E-state index contributed by atoms with van der Waals surface area (Å²) in [4.78, 5) is 26.6. The third-order valence-corrected chi connectivity index (χ3v) is 5.42. The van der Waals surface area contributed by atoms with Gasteiger partial charge < -0.3 is 15.4 Å². The van der Waals surface area contributed by atoms with E-state index in [0.29, 0.717) is 11.3 Å². The van der Waals surface area contributed by atoms with Crippen LogP contribution in [0.1, 0.15) is 39.3 Å². The van der Waals surface area contributed by atoms with Crippen molar-refractivity contribution in [2.45, 2.75) is 19.9 Å². The van der Waals surface area contributed by atoms with E-state index in [1.165, 1.54) is 11.3 Å². The fourth-order valence-electron chi connectivity index (χ4n) is 2.82. The van der Waals surface area contributed by atoms with Crippen molar-refractivity contribution < 1.29 is 14.3 Å². The van der Waals surface area contributed by atoms with Gasteiger partial charge in [-0.1, -0.05) is 35.9 Å². The van der Waals surface area contributed by atoms with Crippen LogP contribution in [0.3, 0.4) is 0 Å². The highest BCUT2D eigenvalue weighted by Crippen LogP contribution is 2.17. The van der Waals surface area contributed by atoms with E-state index < -0.39 is 0 Å². The number of amides is 2. The highest BCUT2D eigenvalue weighted by atomic mass is 32.1. The molecule has 0 fully saturated rings. The van der Waals surface area contributed by atoms with Crippen molar-refractivity contribution in [2.75, 3.05) is 7.11 Å². The summed E-state index contributed by atoms with van der Waals surface area (Å²) in [5.41, 5.74) is 2.78. The molecule has 0 aliphatic heterocycles. The molecule has 0 unspecified atom stereocenters. The maximum Gasteiger partial charge on any atom is 0.268 e. The number of hydrogen-bond acceptors (Lipinski definition) is 4. The fraction of sp³-hybridized carbons (Fsp3) is 0.167. The average Bonchev–Trinajstić information content (AvgIpc) is 3.26. The van der Waals surface area contributed by atoms with Crippen molar-refractivity contribution in [1.82, 2.24) is 10.6 Å². The summed E-state index contributed by atoms with van der Waals surface area (Å²) in [6.07, 6.45) is 1.68. The first kappa shape index (κ1) is 21.3. The Kier molecular flexibility index (Phi) is 7.03. The van der Waals surface area contributed by atoms with Gasteiger partial charge in [-0.2, -0.15) is 0 Å². The molecule has 2 amide bonds. The van der Waals surface area contributed by atoms with Crippen LogP contribution >= 0.6 is 11.3 Å². The minimum Gasteiger partial charge on any atom is -0.497 e. The summed E-state index contributed by atoms with van der Waals surface area (Å²) >= 11 is 1.49. The van der Waals surface area contributed by atoms with Gasteiger partial charge in [0.2, 0.25) is 0 Å². The summed E-state index contributed by atoms with van der Waals surface area (Å²) in [6.45, 7) is 3.93. The van der Waals surface area contributed by atoms with Crippen molar-refractivity contribution >= 4 is 29.2 Å². The normalized spacial score (nSPS) is 12.2. The molecule has 0 bridgehead atoms. The Hall–Kier alpha value is -3.38. The van der Waals surface area contributed by atoms with E-state index in [1.54, 1.807) is 37.5 Å². The fourth-order valence-corrected chi connectivity index (χ4v) is 3.48. The molecule has 0 saturated carbocycles. The lowest BCUT2D eigenvalue weighted by molar-refractivity contribution is -0.118. The molecule has 0 aliphatic carbocycles. The molecule has 2 aromatic carbocycles. The van der Waals surface area contributed by atoms with Crippen molar-refractivity contribution in [3.8, 4) is 5.75 Å². The number of carbonyl (C=O) groups excluding carboxylic acids is 2. The summed E-state index contributed by atoms with van der Waals surface area (Å²) in [7, 11) is 1.57. The lowest BCUT2D eigenvalue weighted by Gasteiger charge is -2.17. The first-order valence-electron chi connectivity index (χ1n) is 9.54. The molecule has 1 aromatic heterocycles. The summed E-state index contributed by atoms with van der Waals surface area (Å²) in [6, 6.07) is 18.3. The molecule has 1 heterocycles. The maximum absolute atomic E-state index is 13.0. The number of nitrogens with one attached hydrogen (secondary N) is 2. The number of aryl methyl sites for hydroxylation is 1. The van der Waals surface area contributed by atoms with E-state index >= 15 is 0 Å². The van der Waals surface area contributed by atoms with Gasteiger partial charge in [-0.05, 0) is 61.2 Å². The van der Waals surface area contributed by atoms with Gasteiger partial charge >= 0.3 is 0 Å². The standard InChI is InChI=1S/C24H24N2O3S/c1-16-6-8-18(9-7-16)17(2)25-24(28)22(15-21-5-4-14-30-21)26-23(27)19-10-12-20(29-3)13-11-19/h4-15,17H,1-3H3,(H,25,28)(H,26,27)/b22-15-/t17-/m1/s1. The van der Waals surface area contributed by atoms with E-state index in [0.717, 1.165) is 16.0 Å². The Bertz CT molecular complexity index is 1020. The van der Waals surface area contributed by atoms with E-state index in [-0.39, 0.29) is 23.6 Å². The highest BCUT2D eigenvalue weighted by molar-refractivity contribution is 7.10. The number of methoxy groups -OCH3 is 1. The van der Waals surface area contributed by atoms with Crippen LogP contribution in [0.4, 0.5) is 0 Å². The minimum atomic E-state index is -0.362. The van der Waals surface area contributed by atoms with Gasteiger partial charge in [0, 0.05) is 10.4 Å². The van der Waals surface area contributed by atoms with Crippen molar-refractivity contribution in [3.63, 3.8) is 0 Å². The minimum absolute atomic E-state index is 0.192. The van der Waals surface area contributed by atoms with Gasteiger partial charge in [0.15, 0.2) is 0 Å². The largest absolute Gasteiger partial charge is 0.497 e. The van der Waals surface area contributed by atoms with E-state index in [4.69, 9.17) is 4.74 Å². The molecule has 5 nitrogen and oxygen atoms in total. The van der Waals surface area contributed by atoms with E-state index in [2.05, 4.69) is 10.6 Å². The van der Waals surface area contributed by atoms with Crippen LogP contribution in [0.15, 0.2) is 71.7 Å². The number of ether oxygens (including phenoxy) is 1. The Labute approximate surface area is 180 Å². The van der Waals surface area contributed by atoms with E-state index in [1.807, 2.05) is 55.6 Å². The molecule has 0 spiro atoms. The number of thiophene rings is 1. The van der Waals surface area contributed by atoms with Crippen LogP contribution in [0.25, 0.3) is 6.08 Å². The molecular formula is C24H24N2O3S. The van der Waals surface area contributed by atoms with Crippen LogP contribution in [-0.4, -0.2) is 18.9 Å². The molecule has 0 aliphatic rings. The number of rotatable bonds is 7. The lowest BCUT2D eigenvalue weighted by atomic mass is 10.1. The van der Waals surface area contributed by atoms with Gasteiger partial charge in [-0.15, -0.1) is 11.3 Å². The zero-order valence-electron chi connectivity index (χ0n) is 17.1. The second kappa shape index (κ2) is 9.89. The van der Waals surface area contributed by atoms with Crippen LogP contribution in [-0.2, 0) is 4.79 Å². The van der Waals surface area contributed by atoms with Crippen LogP contribution < -0.4 is 15.4 Å². The van der Waals surface area contributed by atoms with Gasteiger partial charge in [-0.3, -0.25) is 9.59 Å². The quantitative estimate of drug-likeness (QED) is 0.544. The monoisotopic (exact) mass is 420 g/mol. The Morgan fingerprint density at radius 1 is 1.03 bits per heavy atom. The molecule has 0 radical (unpaired) electrons. The van der Waals surface area contributed by atoms with Gasteiger partial charge in [0.25, 0.3) is 11.8 Å². The zero-order valence-corrected chi connectivity index (χ0v) is 18.0. The summed E-state index contributed by atoms with van der Waals surface area (Å²) in [5.74, 6) is -0.0532. The second-order valence-corrected chi connectivity index (χ2v) is 7.84. The molecule has 30 heavy (non-hydrogen) atoms. The average molecular weight is 421 g/mol. The number of benzene rings is 2. The lowest BCUT2D eigenvalue weighted by Crippen LogP contribution is -2.36. The molecule has 3 rings (SSSR count).